The summed E-state index contributed by atoms with van der Waals surface area (Å²) < 4.78 is 4.48. The third-order valence-corrected chi connectivity index (χ3v) is 8.59. The van der Waals surface area contributed by atoms with Crippen molar-refractivity contribution in [2.75, 3.05) is 5.75 Å². The smallest absolute Gasteiger partial charge is 0.278 e. The Kier molecular flexibility index (Phi) is 7.59. The predicted octanol–water partition coefficient (Wildman–Crippen LogP) is 4.26. The molecular formula is C26H28N6O2S3. The number of benzene rings is 2. The molecule has 1 aliphatic heterocycles. The van der Waals surface area contributed by atoms with E-state index in [1.165, 1.54) is 28.7 Å². The average Bonchev–Trinajstić information content (AvgIpc) is 3.45. The highest BCUT2D eigenvalue weighted by Gasteiger charge is 2.23. The molecule has 2 unspecified atom stereocenters. The van der Waals surface area contributed by atoms with E-state index >= 15 is 0 Å². The van der Waals surface area contributed by atoms with Crippen LogP contribution < -0.4 is 21.7 Å². The SMILES string of the molecule is CCc1ccc(-n2c(=S)sc3c(=O)n(-c4ccccc4C)c(SCC(=O)NC4CC(C)NN4)nc32)cc1. The molecule has 4 aromatic rings. The number of nitrogens with one attached hydrogen (secondary N) is 3. The van der Waals surface area contributed by atoms with Gasteiger partial charge in [0.25, 0.3) is 5.56 Å². The molecule has 1 saturated heterocycles. The molecule has 3 N–H and O–H groups in total. The lowest BCUT2D eigenvalue weighted by Gasteiger charge is -2.15. The van der Waals surface area contributed by atoms with Gasteiger partial charge in [0, 0.05) is 11.7 Å². The standard InChI is InChI=1S/C26H28N6O2S3/c1-4-17-9-11-18(12-10-17)31-23-22(37-26(31)35)24(34)32(19-8-6-5-7-15(19)2)25(28-23)36-14-21(33)27-20-13-16(3)29-30-20/h5-12,16,20,29-30H,4,13-14H2,1-3H3,(H,27,33). The number of fused-ring (bicyclic) bond motifs is 1. The Bertz CT molecular complexity index is 1570. The molecule has 0 bridgehead atoms. The summed E-state index contributed by atoms with van der Waals surface area (Å²) in [6.45, 7) is 6.11. The molecule has 0 spiro atoms. The minimum absolute atomic E-state index is 0.118. The molecule has 0 saturated carbocycles. The van der Waals surface area contributed by atoms with Crippen LogP contribution >= 0.6 is 35.3 Å². The Hall–Kier alpha value is -2.83. The third kappa shape index (κ3) is 5.27. The zero-order valence-electron chi connectivity index (χ0n) is 20.8. The van der Waals surface area contributed by atoms with Gasteiger partial charge in [0.15, 0.2) is 14.8 Å². The quantitative estimate of drug-likeness (QED) is 0.179. The van der Waals surface area contributed by atoms with E-state index in [0.717, 1.165) is 29.8 Å². The van der Waals surface area contributed by atoms with Crippen molar-refractivity contribution in [2.24, 2.45) is 0 Å². The number of thiazole rings is 1. The number of thioether (sulfide) groups is 1. The van der Waals surface area contributed by atoms with Gasteiger partial charge in [-0.2, -0.15) is 0 Å². The summed E-state index contributed by atoms with van der Waals surface area (Å²) in [5, 5.41) is 3.43. The summed E-state index contributed by atoms with van der Waals surface area (Å²) >= 11 is 8.19. The maximum Gasteiger partial charge on any atom is 0.278 e. The molecule has 192 valence electrons. The van der Waals surface area contributed by atoms with Crippen molar-refractivity contribution in [1.29, 1.82) is 0 Å². The van der Waals surface area contributed by atoms with Crippen LogP contribution in [-0.4, -0.2) is 38.0 Å². The summed E-state index contributed by atoms with van der Waals surface area (Å²) in [4.78, 5) is 31.6. The van der Waals surface area contributed by atoms with Crippen LogP contribution in [0.3, 0.4) is 0 Å². The fourth-order valence-electron chi connectivity index (χ4n) is 4.34. The van der Waals surface area contributed by atoms with E-state index in [4.69, 9.17) is 17.2 Å². The summed E-state index contributed by atoms with van der Waals surface area (Å²) in [6.07, 6.45) is 1.59. The molecule has 1 amide bonds. The average molecular weight is 553 g/mol. The van der Waals surface area contributed by atoms with Gasteiger partial charge < -0.3 is 5.32 Å². The summed E-state index contributed by atoms with van der Waals surface area (Å²) in [5.41, 5.74) is 10.2. The first-order chi connectivity index (χ1) is 17.9. The zero-order valence-corrected chi connectivity index (χ0v) is 23.2. The van der Waals surface area contributed by atoms with Crippen molar-refractivity contribution in [3.63, 3.8) is 0 Å². The minimum atomic E-state index is -0.197. The van der Waals surface area contributed by atoms with Gasteiger partial charge in [-0.05, 0) is 68.2 Å². The molecule has 0 aliphatic carbocycles. The Morgan fingerprint density at radius 1 is 1.19 bits per heavy atom. The lowest BCUT2D eigenvalue weighted by Crippen LogP contribution is -2.45. The van der Waals surface area contributed by atoms with Gasteiger partial charge in [-0.3, -0.25) is 24.1 Å². The van der Waals surface area contributed by atoms with Gasteiger partial charge in [0.05, 0.1) is 17.6 Å². The van der Waals surface area contributed by atoms with Crippen molar-refractivity contribution in [2.45, 2.75) is 51.0 Å². The van der Waals surface area contributed by atoms with Crippen LogP contribution in [0.15, 0.2) is 58.5 Å². The van der Waals surface area contributed by atoms with E-state index < -0.39 is 0 Å². The fraction of sp³-hybridized carbons (Fsp3) is 0.308. The van der Waals surface area contributed by atoms with E-state index in [2.05, 4.69) is 35.2 Å². The van der Waals surface area contributed by atoms with Gasteiger partial charge in [0.1, 0.15) is 4.70 Å². The van der Waals surface area contributed by atoms with Crippen molar-refractivity contribution in [3.8, 4) is 11.4 Å². The second-order valence-electron chi connectivity index (χ2n) is 9.03. The molecule has 8 nitrogen and oxygen atoms in total. The number of hydrazine groups is 1. The van der Waals surface area contributed by atoms with Crippen LogP contribution in [0.1, 0.15) is 31.4 Å². The molecular weight excluding hydrogens is 525 g/mol. The first-order valence-corrected chi connectivity index (χ1v) is 14.3. The highest BCUT2D eigenvalue weighted by atomic mass is 32.2. The van der Waals surface area contributed by atoms with E-state index in [0.29, 0.717) is 19.5 Å². The van der Waals surface area contributed by atoms with Gasteiger partial charge in [-0.15, -0.1) is 0 Å². The van der Waals surface area contributed by atoms with E-state index in [1.54, 1.807) is 4.57 Å². The first kappa shape index (κ1) is 25.8. The lowest BCUT2D eigenvalue weighted by atomic mass is 10.1. The minimum Gasteiger partial charge on any atom is -0.339 e. The van der Waals surface area contributed by atoms with Crippen LogP contribution in [-0.2, 0) is 11.2 Å². The van der Waals surface area contributed by atoms with Crippen molar-refractivity contribution >= 4 is 51.6 Å². The second kappa shape index (κ2) is 10.9. The number of carbonyl (C=O) groups is 1. The van der Waals surface area contributed by atoms with Crippen molar-refractivity contribution < 1.29 is 4.79 Å². The summed E-state index contributed by atoms with van der Waals surface area (Å²) in [6, 6.07) is 16.1. The van der Waals surface area contributed by atoms with Gasteiger partial charge in [0.2, 0.25) is 5.91 Å². The highest BCUT2D eigenvalue weighted by Crippen LogP contribution is 2.28. The normalized spacial score (nSPS) is 17.4. The number of aromatic nitrogens is 3. The number of carbonyl (C=O) groups excluding carboxylic acids is 1. The molecule has 2 aromatic carbocycles. The summed E-state index contributed by atoms with van der Waals surface area (Å²) in [7, 11) is 0. The number of rotatable bonds is 7. The van der Waals surface area contributed by atoms with Crippen LogP contribution in [0.2, 0.25) is 0 Å². The second-order valence-corrected chi connectivity index (χ2v) is 11.6. The van der Waals surface area contributed by atoms with Gasteiger partial charge >= 0.3 is 0 Å². The maximum absolute atomic E-state index is 13.9. The number of aryl methyl sites for hydroxylation is 2. The highest BCUT2D eigenvalue weighted by molar-refractivity contribution is 7.99. The fourth-order valence-corrected chi connectivity index (χ4v) is 6.45. The molecule has 3 heterocycles. The van der Waals surface area contributed by atoms with E-state index in [1.807, 2.05) is 54.8 Å². The Morgan fingerprint density at radius 2 is 1.95 bits per heavy atom. The molecule has 37 heavy (non-hydrogen) atoms. The van der Waals surface area contributed by atoms with E-state index in [9.17, 15) is 9.59 Å². The van der Waals surface area contributed by atoms with Gasteiger partial charge in [-0.25, -0.2) is 10.4 Å². The lowest BCUT2D eigenvalue weighted by molar-refractivity contribution is -0.119. The molecule has 1 fully saturated rings. The molecule has 2 atom stereocenters. The molecule has 11 heteroatoms. The number of hydrogen-bond acceptors (Lipinski definition) is 8. The molecule has 5 rings (SSSR count). The number of para-hydroxylation sites is 1. The third-order valence-electron chi connectivity index (χ3n) is 6.30. The van der Waals surface area contributed by atoms with Crippen molar-refractivity contribution in [1.82, 2.24) is 30.3 Å². The Morgan fingerprint density at radius 3 is 2.62 bits per heavy atom. The van der Waals surface area contributed by atoms with Crippen LogP contribution in [0.5, 0.6) is 0 Å². The topological polar surface area (TPSA) is 93.0 Å². The predicted molar refractivity (Wildman–Crippen MR) is 152 cm³/mol. The molecule has 2 aromatic heterocycles. The first-order valence-electron chi connectivity index (χ1n) is 12.1. The molecule has 1 aliphatic rings. The van der Waals surface area contributed by atoms with Gasteiger partial charge in [-0.1, -0.05) is 60.4 Å². The maximum atomic E-state index is 13.9. The number of nitrogens with zero attached hydrogens (tertiary/aromatic N) is 3. The van der Waals surface area contributed by atoms with Crippen LogP contribution in [0.4, 0.5) is 0 Å². The van der Waals surface area contributed by atoms with E-state index in [-0.39, 0.29) is 29.4 Å². The van der Waals surface area contributed by atoms with Crippen molar-refractivity contribution in [3.05, 3.63) is 74.0 Å². The molecule has 0 radical (unpaired) electrons. The van der Waals surface area contributed by atoms with Crippen LogP contribution in [0.25, 0.3) is 21.7 Å². The summed E-state index contributed by atoms with van der Waals surface area (Å²) in [5.74, 6) is -0.0201. The number of hydrogen-bond donors (Lipinski definition) is 3. The largest absolute Gasteiger partial charge is 0.339 e. The Labute approximate surface area is 228 Å². The monoisotopic (exact) mass is 552 g/mol. The number of amides is 1. The van der Waals surface area contributed by atoms with Crippen LogP contribution in [0, 0.1) is 10.9 Å². The zero-order chi connectivity index (χ0) is 26.1. The Balaban J connectivity index is 1.59.